The summed E-state index contributed by atoms with van der Waals surface area (Å²) >= 11 is 6.29. The lowest BCUT2D eigenvalue weighted by molar-refractivity contribution is -0.123. The number of rotatable bonds is 7. The Morgan fingerprint density at radius 2 is 2.33 bits per heavy atom. The van der Waals surface area contributed by atoms with Crippen LogP contribution in [0.25, 0.3) is 0 Å². The maximum absolute atomic E-state index is 12.3. The molecule has 132 valence electrons. The van der Waals surface area contributed by atoms with E-state index in [1.54, 1.807) is 7.11 Å². The molecule has 2 saturated heterocycles. The third-order valence-corrected chi connectivity index (χ3v) is 5.45. The number of ether oxygens (including phenoxy) is 2. The molecule has 0 bridgehead atoms. The van der Waals surface area contributed by atoms with E-state index < -0.39 is 0 Å². The van der Waals surface area contributed by atoms with Crippen molar-refractivity contribution in [3.8, 4) is 0 Å². The predicted octanol–water partition coefficient (Wildman–Crippen LogP) is 1.94. The lowest BCUT2D eigenvalue weighted by Gasteiger charge is -2.26. The van der Waals surface area contributed by atoms with Crippen molar-refractivity contribution in [2.45, 2.75) is 13.0 Å². The minimum Gasteiger partial charge on any atom is -0.383 e. The lowest BCUT2D eigenvalue weighted by Crippen LogP contribution is -2.38. The third-order valence-electron chi connectivity index (χ3n) is 5.08. The molecule has 0 spiro atoms. The van der Waals surface area contributed by atoms with Gasteiger partial charge in [-0.15, -0.1) is 0 Å². The molecule has 2 aliphatic heterocycles. The first-order chi connectivity index (χ1) is 11.6. The number of benzene rings is 1. The summed E-state index contributed by atoms with van der Waals surface area (Å²) in [5.74, 6) is 0.496. The van der Waals surface area contributed by atoms with Gasteiger partial charge < -0.3 is 14.8 Å². The Balaban J connectivity index is 1.61. The normalized spacial score (nSPS) is 26.5. The van der Waals surface area contributed by atoms with Gasteiger partial charge in [0.2, 0.25) is 5.91 Å². The topological polar surface area (TPSA) is 50.8 Å². The number of likely N-dealkylation sites (tertiary alicyclic amines) is 1. The van der Waals surface area contributed by atoms with E-state index in [4.69, 9.17) is 21.1 Å². The Bertz CT molecular complexity index is 583. The Labute approximate surface area is 148 Å². The van der Waals surface area contributed by atoms with E-state index >= 15 is 0 Å². The van der Waals surface area contributed by atoms with Gasteiger partial charge in [0, 0.05) is 56.1 Å². The second-order valence-electron chi connectivity index (χ2n) is 6.85. The number of fused-ring (bicyclic) bond motifs is 1. The molecule has 0 unspecified atom stereocenters. The van der Waals surface area contributed by atoms with Crippen molar-refractivity contribution in [2.75, 3.05) is 46.6 Å². The summed E-state index contributed by atoms with van der Waals surface area (Å²) in [4.78, 5) is 14.7. The molecule has 1 aromatic rings. The predicted molar refractivity (Wildman–Crippen MR) is 93.0 cm³/mol. The fourth-order valence-corrected chi connectivity index (χ4v) is 4.05. The van der Waals surface area contributed by atoms with Crippen LogP contribution >= 0.6 is 11.6 Å². The fourth-order valence-electron chi connectivity index (χ4n) is 3.86. The second kappa shape index (κ2) is 7.83. The summed E-state index contributed by atoms with van der Waals surface area (Å²) in [5, 5.41) is 3.74. The van der Waals surface area contributed by atoms with E-state index in [1.165, 1.54) is 0 Å². The molecule has 1 N–H and O–H groups in total. The maximum atomic E-state index is 12.3. The third kappa shape index (κ3) is 3.91. The second-order valence-corrected chi connectivity index (χ2v) is 7.26. The standard InChI is InChI=1S/C18H25ClN2O3/c1-23-7-6-20-17(22)8-18-12-21(10-15(18)11-24-13-18)9-14-4-2-3-5-16(14)19/h2-5,15H,6-13H2,1H3,(H,20,22)/t15-,18+/m1/s1. The zero-order valence-electron chi connectivity index (χ0n) is 14.1. The molecule has 2 atom stereocenters. The lowest BCUT2D eigenvalue weighted by atomic mass is 9.78. The highest BCUT2D eigenvalue weighted by Crippen LogP contribution is 2.44. The number of hydrogen-bond donors (Lipinski definition) is 1. The van der Waals surface area contributed by atoms with E-state index in [9.17, 15) is 4.79 Å². The first-order valence-electron chi connectivity index (χ1n) is 8.42. The van der Waals surface area contributed by atoms with Gasteiger partial charge in [0.25, 0.3) is 0 Å². The minimum absolute atomic E-state index is 0.0710. The van der Waals surface area contributed by atoms with Gasteiger partial charge in [-0.3, -0.25) is 9.69 Å². The molecule has 2 aliphatic rings. The first kappa shape index (κ1) is 17.7. The van der Waals surface area contributed by atoms with Crippen LogP contribution in [0.5, 0.6) is 0 Å². The highest BCUT2D eigenvalue weighted by molar-refractivity contribution is 6.31. The van der Waals surface area contributed by atoms with E-state index in [-0.39, 0.29) is 11.3 Å². The fraction of sp³-hybridized carbons (Fsp3) is 0.611. The molecule has 0 radical (unpaired) electrons. The molecule has 2 heterocycles. The number of hydrogen-bond acceptors (Lipinski definition) is 4. The van der Waals surface area contributed by atoms with Gasteiger partial charge in [0.15, 0.2) is 0 Å². The molecular weight excluding hydrogens is 328 g/mol. The van der Waals surface area contributed by atoms with Crippen LogP contribution in [0.4, 0.5) is 0 Å². The van der Waals surface area contributed by atoms with Crippen molar-refractivity contribution in [1.82, 2.24) is 10.2 Å². The van der Waals surface area contributed by atoms with E-state index in [0.717, 1.165) is 36.8 Å². The highest BCUT2D eigenvalue weighted by atomic mass is 35.5. The van der Waals surface area contributed by atoms with Gasteiger partial charge in [-0.1, -0.05) is 29.8 Å². The van der Waals surface area contributed by atoms with Crippen LogP contribution < -0.4 is 5.32 Å². The molecular formula is C18H25ClN2O3. The molecule has 0 saturated carbocycles. The molecule has 0 aliphatic carbocycles. The molecule has 5 nitrogen and oxygen atoms in total. The van der Waals surface area contributed by atoms with Crippen LogP contribution in [0.15, 0.2) is 24.3 Å². The average molecular weight is 353 g/mol. The van der Waals surface area contributed by atoms with E-state index in [1.807, 2.05) is 18.2 Å². The van der Waals surface area contributed by atoms with Gasteiger partial charge in [0.05, 0.1) is 19.8 Å². The monoisotopic (exact) mass is 352 g/mol. The van der Waals surface area contributed by atoms with Crippen LogP contribution in [0.2, 0.25) is 5.02 Å². The van der Waals surface area contributed by atoms with Crippen LogP contribution in [0, 0.1) is 11.3 Å². The summed E-state index contributed by atoms with van der Waals surface area (Å²) in [5.41, 5.74) is 1.07. The summed E-state index contributed by atoms with van der Waals surface area (Å²) in [7, 11) is 1.63. The number of methoxy groups -OCH3 is 1. The minimum atomic E-state index is -0.0710. The molecule has 1 aromatic carbocycles. The summed E-state index contributed by atoms with van der Waals surface area (Å²) in [6.45, 7) is 5.15. The van der Waals surface area contributed by atoms with Crippen molar-refractivity contribution >= 4 is 17.5 Å². The van der Waals surface area contributed by atoms with E-state index in [2.05, 4.69) is 16.3 Å². The van der Waals surface area contributed by atoms with Crippen LogP contribution in [0.3, 0.4) is 0 Å². The largest absolute Gasteiger partial charge is 0.383 e. The highest BCUT2D eigenvalue weighted by Gasteiger charge is 2.51. The van der Waals surface area contributed by atoms with Gasteiger partial charge in [-0.05, 0) is 11.6 Å². The van der Waals surface area contributed by atoms with Crippen molar-refractivity contribution in [3.63, 3.8) is 0 Å². The maximum Gasteiger partial charge on any atom is 0.220 e. The number of nitrogens with zero attached hydrogens (tertiary/aromatic N) is 1. The van der Waals surface area contributed by atoms with E-state index in [0.29, 0.717) is 32.1 Å². The van der Waals surface area contributed by atoms with Gasteiger partial charge >= 0.3 is 0 Å². The molecule has 0 aromatic heterocycles. The average Bonchev–Trinajstić information content (AvgIpc) is 3.06. The van der Waals surface area contributed by atoms with Crippen LogP contribution in [-0.4, -0.2) is 57.4 Å². The number of carbonyl (C=O) groups excluding carboxylic acids is 1. The van der Waals surface area contributed by atoms with Crippen molar-refractivity contribution in [2.24, 2.45) is 11.3 Å². The Morgan fingerprint density at radius 1 is 1.50 bits per heavy atom. The van der Waals surface area contributed by atoms with Crippen molar-refractivity contribution < 1.29 is 14.3 Å². The summed E-state index contributed by atoms with van der Waals surface area (Å²) in [6, 6.07) is 7.96. The molecule has 1 amide bonds. The van der Waals surface area contributed by atoms with Gasteiger partial charge in [-0.2, -0.15) is 0 Å². The van der Waals surface area contributed by atoms with Crippen molar-refractivity contribution in [1.29, 1.82) is 0 Å². The SMILES string of the molecule is COCCNC(=O)C[C@]12COC[C@H]1CN(Cc1ccccc1Cl)C2. The first-order valence-corrected chi connectivity index (χ1v) is 8.80. The number of nitrogens with one attached hydrogen (secondary N) is 1. The summed E-state index contributed by atoms with van der Waals surface area (Å²) in [6.07, 6.45) is 0.514. The zero-order valence-corrected chi connectivity index (χ0v) is 14.8. The smallest absolute Gasteiger partial charge is 0.220 e. The van der Waals surface area contributed by atoms with Crippen LogP contribution in [-0.2, 0) is 20.8 Å². The number of halogens is 1. The van der Waals surface area contributed by atoms with Crippen LogP contribution in [0.1, 0.15) is 12.0 Å². The van der Waals surface area contributed by atoms with Gasteiger partial charge in [-0.25, -0.2) is 0 Å². The van der Waals surface area contributed by atoms with Gasteiger partial charge in [0.1, 0.15) is 0 Å². The Morgan fingerprint density at radius 3 is 3.12 bits per heavy atom. The quantitative estimate of drug-likeness (QED) is 0.762. The molecule has 24 heavy (non-hydrogen) atoms. The molecule has 3 rings (SSSR count). The molecule has 2 fully saturated rings. The molecule has 6 heteroatoms. The number of carbonyl (C=O) groups is 1. The summed E-state index contributed by atoms with van der Waals surface area (Å²) < 4.78 is 10.7. The zero-order chi connectivity index (χ0) is 17.0. The Hall–Kier alpha value is -1.14. The van der Waals surface area contributed by atoms with Crippen molar-refractivity contribution in [3.05, 3.63) is 34.9 Å². The Kier molecular flexibility index (Phi) is 5.76. The number of amides is 1.